The van der Waals surface area contributed by atoms with Gasteiger partial charge < -0.3 is 9.73 Å². The quantitative estimate of drug-likeness (QED) is 0.845. The molecule has 0 saturated carbocycles. The summed E-state index contributed by atoms with van der Waals surface area (Å²) in [5, 5.41) is 3.45. The van der Waals surface area contributed by atoms with Crippen LogP contribution in [0.4, 0.5) is 0 Å². The van der Waals surface area contributed by atoms with Crippen molar-refractivity contribution in [3.8, 4) is 0 Å². The fourth-order valence-electron chi connectivity index (χ4n) is 1.85. The highest BCUT2D eigenvalue weighted by molar-refractivity contribution is 5.28. The molecule has 0 aliphatic rings. The van der Waals surface area contributed by atoms with Crippen molar-refractivity contribution in [1.29, 1.82) is 0 Å². The van der Waals surface area contributed by atoms with Crippen LogP contribution in [0.3, 0.4) is 0 Å². The Kier molecular flexibility index (Phi) is 3.42. The van der Waals surface area contributed by atoms with Gasteiger partial charge in [0.2, 0.25) is 0 Å². The molecule has 2 heteroatoms. The summed E-state index contributed by atoms with van der Waals surface area (Å²) in [5.41, 5.74) is 2.66. The van der Waals surface area contributed by atoms with E-state index in [-0.39, 0.29) is 0 Å². The number of furan rings is 1. The summed E-state index contributed by atoms with van der Waals surface area (Å²) in [6.45, 7) is 5.08. The third kappa shape index (κ3) is 2.52. The minimum atomic E-state index is 0.339. The Labute approximate surface area is 96.3 Å². The monoisotopic (exact) mass is 215 g/mol. The van der Waals surface area contributed by atoms with E-state index >= 15 is 0 Å². The van der Waals surface area contributed by atoms with Crippen LogP contribution in [0.5, 0.6) is 0 Å². The molecule has 0 fully saturated rings. The lowest BCUT2D eigenvalue weighted by Crippen LogP contribution is -2.18. The minimum Gasteiger partial charge on any atom is -0.468 e. The summed E-state index contributed by atoms with van der Waals surface area (Å²) in [6, 6.07) is 12.7. The molecule has 1 aromatic heterocycles. The molecule has 0 bridgehead atoms. The molecule has 1 heterocycles. The zero-order valence-electron chi connectivity index (χ0n) is 9.73. The highest BCUT2D eigenvalue weighted by Crippen LogP contribution is 2.17. The van der Waals surface area contributed by atoms with Crippen molar-refractivity contribution >= 4 is 0 Å². The Morgan fingerprint density at radius 1 is 1.19 bits per heavy atom. The van der Waals surface area contributed by atoms with Crippen LogP contribution < -0.4 is 5.32 Å². The van der Waals surface area contributed by atoms with E-state index in [1.54, 1.807) is 6.26 Å². The molecule has 0 aliphatic heterocycles. The lowest BCUT2D eigenvalue weighted by molar-refractivity contribution is 0.460. The van der Waals surface area contributed by atoms with Gasteiger partial charge in [0.15, 0.2) is 0 Å². The van der Waals surface area contributed by atoms with E-state index in [1.165, 1.54) is 11.1 Å². The van der Waals surface area contributed by atoms with Gasteiger partial charge in [0.25, 0.3) is 0 Å². The summed E-state index contributed by atoms with van der Waals surface area (Å²) in [7, 11) is 0. The van der Waals surface area contributed by atoms with Crippen LogP contribution in [-0.2, 0) is 6.54 Å². The molecule has 0 unspecified atom stereocenters. The molecule has 1 aromatic carbocycles. The number of hydrogen-bond acceptors (Lipinski definition) is 2. The predicted molar refractivity (Wildman–Crippen MR) is 65.1 cm³/mol. The fraction of sp³-hybridized carbons (Fsp3) is 0.286. The molecule has 0 spiro atoms. The molecule has 0 aliphatic carbocycles. The predicted octanol–water partition coefficient (Wildman–Crippen LogP) is 3.44. The normalized spacial score (nSPS) is 12.6. The van der Waals surface area contributed by atoms with E-state index in [1.807, 2.05) is 12.1 Å². The molecule has 0 amide bonds. The van der Waals surface area contributed by atoms with E-state index in [0.717, 1.165) is 12.3 Å². The van der Waals surface area contributed by atoms with Gasteiger partial charge >= 0.3 is 0 Å². The second-order valence-electron chi connectivity index (χ2n) is 4.04. The average Bonchev–Trinajstić information content (AvgIpc) is 2.79. The second kappa shape index (κ2) is 4.99. The SMILES string of the molecule is Cc1ccccc1[C@H](C)NCc1ccco1. The molecule has 1 N–H and O–H groups in total. The molecule has 2 aromatic rings. The zero-order chi connectivity index (χ0) is 11.4. The van der Waals surface area contributed by atoms with Gasteiger partial charge in [-0.05, 0) is 37.1 Å². The van der Waals surface area contributed by atoms with Crippen LogP contribution >= 0.6 is 0 Å². The Morgan fingerprint density at radius 3 is 2.69 bits per heavy atom. The lowest BCUT2D eigenvalue weighted by atomic mass is 10.0. The highest BCUT2D eigenvalue weighted by Gasteiger charge is 2.07. The molecular weight excluding hydrogens is 198 g/mol. The van der Waals surface area contributed by atoms with Crippen LogP contribution in [0.1, 0.15) is 29.9 Å². The van der Waals surface area contributed by atoms with Crippen LogP contribution in [0.2, 0.25) is 0 Å². The molecule has 84 valence electrons. The molecular formula is C14H17NO. The maximum Gasteiger partial charge on any atom is 0.117 e. The summed E-state index contributed by atoms with van der Waals surface area (Å²) < 4.78 is 5.29. The third-order valence-corrected chi connectivity index (χ3v) is 2.82. The zero-order valence-corrected chi connectivity index (χ0v) is 9.73. The van der Waals surface area contributed by atoms with Crippen molar-refractivity contribution in [2.75, 3.05) is 0 Å². The number of hydrogen-bond donors (Lipinski definition) is 1. The first-order valence-electron chi connectivity index (χ1n) is 5.58. The van der Waals surface area contributed by atoms with E-state index in [9.17, 15) is 0 Å². The molecule has 2 nitrogen and oxygen atoms in total. The van der Waals surface area contributed by atoms with Gasteiger partial charge in [-0.15, -0.1) is 0 Å². The van der Waals surface area contributed by atoms with Gasteiger partial charge in [-0.25, -0.2) is 0 Å². The van der Waals surface area contributed by atoms with E-state index < -0.39 is 0 Å². The second-order valence-corrected chi connectivity index (χ2v) is 4.04. The standard InChI is InChI=1S/C14H17NO/c1-11-6-3-4-8-14(11)12(2)15-10-13-7-5-9-16-13/h3-9,12,15H,10H2,1-2H3/t12-/m0/s1. The smallest absolute Gasteiger partial charge is 0.117 e. The first-order valence-corrected chi connectivity index (χ1v) is 5.58. The van der Waals surface area contributed by atoms with Crippen molar-refractivity contribution < 1.29 is 4.42 Å². The van der Waals surface area contributed by atoms with Crippen molar-refractivity contribution in [2.24, 2.45) is 0 Å². The van der Waals surface area contributed by atoms with Gasteiger partial charge in [-0.3, -0.25) is 0 Å². The van der Waals surface area contributed by atoms with Gasteiger partial charge in [0, 0.05) is 6.04 Å². The van der Waals surface area contributed by atoms with E-state index in [2.05, 4.69) is 43.4 Å². The summed E-state index contributed by atoms with van der Waals surface area (Å²) in [6.07, 6.45) is 1.70. The number of aryl methyl sites for hydroxylation is 1. The minimum absolute atomic E-state index is 0.339. The summed E-state index contributed by atoms with van der Waals surface area (Å²) in [4.78, 5) is 0. The van der Waals surface area contributed by atoms with Gasteiger partial charge in [-0.1, -0.05) is 24.3 Å². The highest BCUT2D eigenvalue weighted by atomic mass is 16.3. The molecule has 0 radical (unpaired) electrons. The van der Waals surface area contributed by atoms with Crippen LogP contribution in [0, 0.1) is 6.92 Å². The first kappa shape index (κ1) is 11.0. The molecule has 0 saturated heterocycles. The van der Waals surface area contributed by atoms with Crippen LogP contribution in [-0.4, -0.2) is 0 Å². The maximum atomic E-state index is 5.29. The molecule has 16 heavy (non-hydrogen) atoms. The van der Waals surface area contributed by atoms with E-state index in [0.29, 0.717) is 6.04 Å². The van der Waals surface area contributed by atoms with Crippen molar-refractivity contribution in [2.45, 2.75) is 26.4 Å². The molecule has 1 atom stereocenters. The van der Waals surface area contributed by atoms with E-state index in [4.69, 9.17) is 4.42 Å². The largest absolute Gasteiger partial charge is 0.468 e. The Bertz CT molecular complexity index is 434. The van der Waals surface area contributed by atoms with Crippen molar-refractivity contribution in [3.63, 3.8) is 0 Å². The number of benzene rings is 1. The maximum absolute atomic E-state index is 5.29. The summed E-state index contributed by atoms with van der Waals surface area (Å²) >= 11 is 0. The van der Waals surface area contributed by atoms with Crippen LogP contribution in [0.15, 0.2) is 47.1 Å². The lowest BCUT2D eigenvalue weighted by Gasteiger charge is -2.15. The van der Waals surface area contributed by atoms with Crippen LogP contribution in [0.25, 0.3) is 0 Å². The van der Waals surface area contributed by atoms with Crippen molar-refractivity contribution in [1.82, 2.24) is 5.32 Å². The first-order chi connectivity index (χ1) is 7.77. The van der Waals surface area contributed by atoms with Gasteiger partial charge in [-0.2, -0.15) is 0 Å². The van der Waals surface area contributed by atoms with Crippen molar-refractivity contribution in [3.05, 3.63) is 59.5 Å². The van der Waals surface area contributed by atoms with Gasteiger partial charge in [0.1, 0.15) is 5.76 Å². The Balaban J connectivity index is 1.98. The third-order valence-electron chi connectivity index (χ3n) is 2.82. The Morgan fingerprint density at radius 2 is 2.00 bits per heavy atom. The van der Waals surface area contributed by atoms with Gasteiger partial charge in [0.05, 0.1) is 12.8 Å². The average molecular weight is 215 g/mol. The Hall–Kier alpha value is -1.54. The summed E-state index contributed by atoms with van der Waals surface area (Å²) in [5.74, 6) is 0.973. The topological polar surface area (TPSA) is 25.2 Å². The number of nitrogens with one attached hydrogen (secondary N) is 1. The fourth-order valence-corrected chi connectivity index (χ4v) is 1.85. The number of rotatable bonds is 4. The molecule has 2 rings (SSSR count).